The molecule has 16 heavy (non-hydrogen) atoms. The van der Waals surface area contributed by atoms with Crippen molar-refractivity contribution in [1.82, 2.24) is 0 Å². The molecule has 1 aromatic carbocycles. The average Bonchev–Trinajstić information content (AvgIpc) is 2.24. The van der Waals surface area contributed by atoms with Crippen LogP contribution in [0.2, 0.25) is 0 Å². The average molecular weight is 219 g/mol. The molecule has 0 radical (unpaired) electrons. The van der Waals surface area contributed by atoms with Gasteiger partial charge < -0.3 is 10.4 Å². The summed E-state index contributed by atoms with van der Waals surface area (Å²) in [4.78, 5) is 11.4. The highest BCUT2D eigenvalue weighted by atomic mass is 16.2. The van der Waals surface area contributed by atoms with Crippen molar-refractivity contribution < 1.29 is 9.90 Å². The van der Waals surface area contributed by atoms with E-state index in [0.29, 0.717) is 6.42 Å². The van der Waals surface area contributed by atoms with Gasteiger partial charge in [0, 0.05) is 12.3 Å². The Kier molecular flexibility index (Phi) is 4.73. The number of benzene rings is 1. The number of anilines is 1. The van der Waals surface area contributed by atoms with Crippen molar-refractivity contribution in [3.8, 4) is 0 Å². The van der Waals surface area contributed by atoms with E-state index < -0.39 is 0 Å². The second kappa shape index (κ2) is 6.08. The van der Waals surface area contributed by atoms with Gasteiger partial charge in [0.15, 0.2) is 0 Å². The summed E-state index contributed by atoms with van der Waals surface area (Å²) in [6, 6.07) is 5.79. The van der Waals surface area contributed by atoms with Crippen LogP contribution in [0.3, 0.4) is 0 Å². The van der Waals surface area contributed by atoms with Crippen LogP contribution >= 0.6 is 0 Å². The third-order valence-electron chi connectivity index (χ3n) is 2.34. The topological polar surface area (TPSA) is 49.3 Å². The molecule has 3 heteroatoms. The lowest BCUT2D eigenvalue weighted by Gasteiger charge is -2.05. The van der Waals surface area contributed by atoms with Crippen LogP contribution in [0.1, 0.15) is 17.5 Å². The van der Waals surface area contributed by atoms with Crippen LogP contribution in [0.4, 0.5) is 5.69 Å². The lowest BCUT2D eigenvalue weighted by molar-refractivity contribution is -0.111. The molecule has 86 valence electrons. The molecular formula is C13H17NO2. The minimum atomic E-state index is -0.170. The predicted molar refractivity (Wildman–Crippen MR) is 65.4 cm³/mol. The van der Waals surface area contributed by atoms with Gasteiger partial charge >= 0.3 is 0 Å². The Morgan fingerprint density at radius 3 is 2.75 bits per heavy atom. The van der Waals surface area contributed by atoms with Gasteiger partial charge in [-0.05, 0) is 49.6 Å². The molecule has 0 fully saturated rings. The van der Waals surface area contributed by atoms with Crippen molar-refractivity contribution in [1.29, 1.82) is 0 Å². The largest absolute Gasteiger partial charge is 0.396 e. The Balaban J connectivity index is 2.59. The molecule has 0 bridgehead atoms. The molecule has 0 aliphatic carbocycles. The maximum Gasteiger partial charge on any atom is 0.248 e. The van der Waals surface area contributed by atoms with Crippen LogP contribution in [0.15, 0.2) is 30.4 Å². The first kappa shape index (κ1) is 12.5. The van der Waals surface area contributed by atoms with Crippen molar-refractivity contribution in [2.24, 2.45) is 0 Å². The van der Waals surface area contributed by atoms with Crippen molar-refractivity contribution >= 4 is 11.6 Å². The van der Waals surface area contributed by atoms with Crippen LogP contribution in [-0.4, -0.2) is 17.6 Å². The number of amides is 1. The van der Waals surface area contributed by atoms with E-state index >= 15 is 0 Å². The van der Waals surface area contributed by atoms with Gasteiger partial charge in [-0.15, -0.1) is 0 Å². The third kappa shape index (κ3) is 3.87. The third-order valence-corrected chi connectivity index (χ3v) is 2.34. The van der Waals surface area contributed by atoms with E-state index in [9.17, 15) is 4.79 Å². The summed E-state index contributed by atoms with van der Waals surface area (Å²) in [7, 11) is 0. The molecule has 0 saturated heterocycles. The summed E-state index contributed by atoms with van der Waals surface area (Å²) in [5, 5.41) is 11.3. The molecule has 1 aromatic rings. The fourth-order valence-electron chi connectivity index (χ4n) is 1.27. The first-order valence-corrected chi connectivity index (χ1v) is 5.29. The van der Waals surface area contributed by atoms with Gasteiger partial charge in [0.2, 0.25) is 5.91 Å². The SMILES string of the molecule is Cc1ccc(NC(=O)/C=C/CCO)cc1C. The van der Waals surface area contributed by atoms with Crippen LogP contribution < -0.4 is 5.32 Å². The Labute approximate surface area is 95.8 Å². The van der Waals surface area contributed by atoms with Gasteiger partial charge in [-0.3, -0.25) is 4.79 Å². The number of aliphatic hydroxyl groups is 1. The molecule has 0 aromatic heterocycles. The van der Waals surface area contributed by atoms with E-state index in [1.165, 1.54) is 11.6 Å². The van der Waals surface area contributed by atoms with Gasteiger partial charge in [0.25, 0.3) is 0 Å². The van der Waals surface area contributed by atoms with Gasteiger partial charge in [0.05, 0.1) is 0 Å². The summed E-state index contributed by atoms with van der Waals surface area (Å²) in [6.07, 6.45) is 3.59. The predicted octanol–water partition coefficient (Wildman–Crippen LogP) is 2.18. The molecular weight excluding hydrogens is 202 g/mol. The van der Waals surface area contributed by atoms with E-state index in [0.717, 1.165) is 11.3 Å². The first-order chi connectivity index (χ1) is 7.63. The van der Waals surface area contributed by atoms with Crippen LogP contribution in [0.5, 0.6) is 0 Å². The zero-order valence-electron chi connectivity index (χ0n) is 9.66. The first-order valence-electron chi connectivity index (χ1n) is 5.29. The van der Waals surface area contributed by atoms with Gasteiger partial charge in [-0.25, -0.2) is 0 Å². The molecule has 1 amide bonds. The zero-order chi connectivity index (χ0) is 12.0. The highest BCUT2D eigenvalue weighted by molar-refractivity contribution is 5.99. The second-order valence-corrected chi connectivity index (χ2v) is 3.70. The summed E-state index contributed by atoms with van der Waals surface area (Å²) < 4.78 is 0. The Hall–Kier alpha value is -1.61. The maximum absolute atomic E-state index is 11.4. The van der Waals surface area contributed by atoms with E-state index in [-0.39, 0.29) is 12.5 Å². The molecule has 0 aliphatic heterocycles. The molecule has 0 spiro atoms. The molecule has 2 N–H and O–H groups in total. The standard InChI is InChI=1S/C13H17NO2/c1-10-6-7-12(9-11(10)2)14-13(16)5-3-4-8-15/h3,5-7,9,15H,4,8H2,1-2H3,(H,14,16)/b5-3+. The van der Waals surface area contributed by atoms with Crippen molar-refractivity contribution in [3.05, 3.63) is 41.5 Å². The number of carbonyl (C=O) groups excluding carboxylic acids is 1. The summed E-state index contributed by atoms with van der Waals surface area (Å²) in [6.45, 7) is 4.10. The maximum atomic E-state index is 11.4. The lowest BCUT2D eigenvalue weighted by atomic mass is 10.1. The smallest absolute Gasteiger partial charge is 0.248 e. The Morgan fingerprint density at radius 1 is 1.38 bits per heavy atom. The summed E-state index contributed by atoms with van der Waals surface area (Å²) >= 11 is 0. The molecule has 0 unspecified atom stereocenters. The normalized spacial score (nSPS) is 10.7. The molecule has 0 atom stereocenters. The van der Waals surface area contributed by atoms with Crippen molar-refractivity contribution in [2.45, 2.75) is 20.3 Å². The summed E-state index contributed by atoms with van der Waals surface area (Å²) in [5.41, 5.74) is 3.15. The number of hydrogen-bond donors (Lipinski definition) is 2. The van der Waals surface area contributed by atoms with Crippen LogP contribution in [0.25, 0.3) is 0 Å². The minimum absolute atomic E-state index is 0.0629. The fraction of sp³-hybridized carbons (Fsp3) is 0.308. The number of rotatable bonds is 4. The van der Waals surface area contributed by atoms with Crippen molar-refractivity contribution in [2.75, 3.05) is 11.9 Å². The molecule has 1 rings (SSSR count). The number of nitrogens with one attached hydrogen (secondary N) is 1. The monoisotopic (exact) mass is 219 g/mol. The summed E-state index contributed by atoms with van der Waals surface area (Å²) in [5.74, 6) is -0.170. The zero-order valence-corrected chi connectivity index (χ0v) is 9.66. The number of aliphatic hydroxyl groups excluding tert-OH is 1. The highest BCUT2D eigenvalue weighted by Gasteiger charge is 1.99. The fourth-order valence-corrected chi connectivity index (χ4v) is 1.27. The lowest BCUT2D eigenvalue weighted by Crippen LogP contribution is -2.08. The van der Waals surface area contributed by atoms with Crippen LogP contribution in [-0.2, 0) is 4.79 Å². The van der Waals surface area contributed by atoms with E-state index in [1.807, 2.05) is 32.0 Å². The molecule has 0 aliphatic rings. The number of aryl methyl sites for hydroxylation is 2. The van der Waals surface area contributed by atoms with Crippen molar-refractivity contribution in [3.63, 3.8) is 0 Å². The van der Waals surface area contributed by atoms with E-state index in [1.54, 1.807) is 6.08 Å². The quantitative estimate of drug-likeness (QED) is 0.762. The highest BCUT2D eigenvalue weighted by Crippen LogP contribution is 2.13. The van der Waals surface area contributed by atoms with Crippen LogP contribution in [0, 0.1) is 13.8 Å². The Morgan fingerprint density at radius 2 is 2.12 bits per heavy atom. The van der Waals surface area contributed by atoms with Gasteiger partial charge in [-0.2, -0.15) is 0 Å². The molecule has 0 saturated carbocycles. The number of hydrogen-bond acceptors (Lipinski definition) is 2. The van der Waals surface area contributed by atoms with Gasteiger partial charge in [-0.1, -0.05) is 12.1 Å². The van der Waals surface area contributed by atoms with Gasteiger partial charge in [0.1, 0.15) is 0 Å². The minimum Gasteiger partial charge on any atom is -0.396 e. The second-order valence-electron chi connectivity index (χ2n) is 3.70. The van der Waals surface area contributed by atoms with E-state index in [2.05, 4.69) is 5.32 Å². The Bertz CT molecular complexity index is 397. The molecule has 0 heterocycles. The van der Waals surface area contributed by atoms with E-state index in [4.69, 9.17) is 5.11 Å². The molecule has 3 nitrogen and oxygen atoms in total. The number of carbonyl (C=O) groups is 1.